The predicted octanol–water partition coefficient (Wildman–Crippen LogP) is 3.61. The minimum atomic E-state index is -0.213. The van der Waals surface area contributed by atoms with Gasteiger partial charge >= 0.3 is 0 Å². The van der Waals surface area contributed by atoms with E-state index in [-0.39, 0.29) is 11.2 Å². The van der Waals surface area contributed by atoms with Gasteiger partial charge in [-0.25, -0.2) is 0 Å². The molecule has 3 nitrogen and oxygen atoms in total. The zero-order valence-electron chi connectivity index (χ0n) is 13.5. The number of ether oxygens (including phenoxy) is 2. The molecule has 0 aliphatic carbocycles. The molecule has 112 valence electrons. The molecule has 0 radical (unpaired) electrons. The largest absolute Gasteiger partial charge is 0.487 e. The van der Waals surface area contributed by atoms with Gasteiger partial charge in [-0.2, -0.15) is 0 Å². The molecule has 20 heavy (non-hydrogen) atoms. The monoisotopic (exact) mass is 277 g/mol. The summed E-state index contributed by atoms with van der Waals surface area (Å²) in [4.78, 5) is 0. The standard InChI is InChI=1S/C17H27NO2/c1-12-7-8-15-13(9-12)14(18-5)10-17(4,20-15)11-16(2,3)19-6/h7-9,14,18H,10-11H2,1-6H3. The Hall–Kier alpha value is -1.06. The molecule has 0 spiro atoms. The molecule has 1 aliphatic heterocycles. The summed E-state index contributed by atoms with van der Waals surface area (Å²) in [6.07, 6.45) is 1.81. The van der Waals surface area contributed by atoms with Gasteiger partial charge in [0.2, 0.25) is 0 Å². The maximum Gasteiger partial charge on any atom is 0.124 e. The van der Waals surface area contributed by atoms with Crippen LogP contribution in [0, 0.1) is 6.92 Å². The number of benzene rings is 1. The molecule has 2 rings (SSSR count). The van der Waals surface area contributed by atoms with Gasteiger partial charge in [-0.1, -0.05) is 17.7 Å². The molecule has 1 aromatic rings. The second kappa shape index (κ2) is 5.38. The highest BCUT2D eigenvalue weighted by Crippen LogP contribution is 2.43. The predicted molar refractivity (Wildman–Crippen MR) is 82.3 cm³/mol. The van der Waals surface area contributed by atoms with Crippen LogP contribution in [0.2, 0.25) is 0 Å². The fourth-order valence-corrected chi connectivity index (χ4v) is 3.22. The van der Waals surface area contributed by atoms with Gasteiger partial charge in [0, 0.05) is 31.6 Å². The first-order chi connectivity index (χ1) is 9.28. The van der Waals surface area contributed by atoms with Crippen molar-refractivity contribution in [2.24, 2.45) is 0 Å². The number of fused-ring (bicyclic) bond motifs is 1. The van der Waals surface area contributed by atoms with Gasteiger partial charge in [0.15, 0.2) is 0 Å². The Morgan fingerprint density at radius 1 is 1.45 bits per heavy atom. The lowest BCUT2D eigenvalue weighted by Crippen LogP contribution is -2.46. The Morgan fingerprint density at radius 2 is 2.15 bits per heavy atom. The van der Waals surface area contributed by atoms with Crippen molar-refractivity contribution in [1.29, 1.82) is 0 Å². The molecule has 0 saturated heterocycles. The average molecular weight is 277 g/mol. The lowest BCUT2D eigenvalue weighted by molar-refractivity contribution is -0.0594. The van der Waals surface area contributed by atoms with Crippen molar-refractivity contribution in [3.05, 3.63) is 29.3 Å². The maximum atomic E-state index is 6.32. The van der Waals surface area contributed by atoms with Gasteiger partial charge in [-0.05, 0) is 40.8 Å². The van der Waals surface area contributed by atoms with Crippen molar-refractivity contribution >= 4 is 0 Å². The Kier molecular flexibility index (Phi) is 4.12. The van der Waals surface area contributed by atoms with Crippen LogP contribution in [0.25, 0.3) is 0 Å². The van der Waals surface area contributed by atoms with E-state index >= 15 is 0 Å². The van der Waals surface area contributed by atoms with Crippen LogP contribution in [-0.4, -0.2) is 25.4 Å². The number of rotatable bonds is 4. The minimum absolute atomic E-state index is 0.185. The summed E-state index contributed by atoms with van der Waals surface area (Å²) in [7, 11) is 3.78. The smallest absolute Gasteiger partial charge is 0.124 e. The molecule has 1 N–H and O–H groups in total. The second-order valence-corrected chi connectivity index (χ2v) is 6.78. The van der Waals surface area contributed by atoms with Crippen LogP contribution in [0.5, 0.6) is 5.75 Å². The van der Waals surface area contributed by atoms with Crippen LogP contribution >= 0.6 is 0 Å². The summed E-state index contributed by atoms with van der Waals surface area (Å²) < 4.78 is 11.9. The molecule has 0 saturated carbocycles. The molecule has 0 aromatic heterocycles. The van der Waals surface area contributed by atoms with Crippen LogP contribution in [0.4, 0.5) is 0 Å². The van der Waals surface area contributed by atoms with E-state index in [2.05, 4.69) is 51.2 Å². The van der Waals surface area contributed by atoms with Crippen LogP contribution in [0.3, 0.4) is 0 Å². The molecule has 3 heteroatoms. The van der Waals surface area contributed by atoms with E-state index in [1.54, 1.807) is 7.11 Å². The highest BCUT2D eigenvalue weighted by Gasteiger charge is 2.40. The second-order valence-electron chi connectivity index (χ2n) is 6.78. The van der Waals surface area contributed by atoms with Gasteiger partial charge in [-0.15, -0.1) is 0 Å². The van der Waals surface area contributed by atoms with Crippen molar-refractivity contribution in [3.8, 4) is 5.75 Å². The first-order valence-corrected chi connectivity index (χ1v) is 7.30. The molecule has 1 aromatic carbocycles. The molecule has 0 bridgehead atoms. The van der Waals surface area contributed by atoms with E-state index in [4.69, 9.17) is 9.47 Å². The van der Waals surface area contributed by atoms with Gasteiger partial charge < -0.3 is 14.8 Å². The van der Waals surface area contributed by atoms with Gasteiger partial charge in [-0.3, -0.25) is 0 Å². The molecule has 2 unspecified atom stereocenters. The van der Waals surface area contributed by atoms with Crippen molar-refractivity contribution in [3.63, 3.8) is 0 Å². The number of aryl methyl sites for hydroxylation is 1. The molecule has 0 amide bonds. The lowest BCUT2D eigenvalue weighted by Gasteiger charge is -2.43. The van der Waals surface area contributed by atoms with E-state index in [1.807, 2.05) is 7.05 Å². The zero-order valence-corrected chi connectivity index (χ0v) is 13.5. The summed E-state index contributed by atoms with van der Waals surface area (Å²) in [5.74, 6) is 0.996. The first kappa shape index (κ1) is 15.3. The molecule has 1 heterocycles. The fourth-order valence-electron chi connectivity index (χ4n) is 3.22. The third-order valence-electron chi connectivity index (χ3n) is 4.23. The number of hydrogen-bond acceptors (Lipinski definition) is 3. The van der Waals surface area contributed by atoms with Gasteiger partial charge in [0.05, 0.1) is 5.60 Å². The quantitative estimate of drug-likeness (QED) is 0.912. The summed E-state index contributed by atoms with van der Waals surface area (Å²) >= 11 is 0. The first-order valence-electron chi connectivity index (χ1n) is 7.30. The zero-order chi connectivity index (χ0) is 15.0. The van der Waals surface area contributed by atoms with Crippen LogP contribution in [-0.2, 0) is 4.74 Å². The average Bonchev–Trinajstić information content (AvgIpc) is 2.37. The van der Waals surface area contributed by atoms with E-state index < -0.39 is 0 Å². The Labute approximate surface area is 122 Å². The van der Waals surface area contributed by atoms with E-state index in [0.717, 1.165) is 18.6 Å². The topological polar surface area (TPSA) is 30.5 Å². The molecule has 1 aliphatic rings. The normalized spacial score (nSPS) is 26.0. The summed E-state index contributed by atoms with van der Waals surface area (Å²) in [6.45, 7) is 8.52. The van der Waals surface area contributed by atoms with Crippen LogP contribution in [0.1, 0.15) is 50.8 Å². The summed E-state index contributed by atoms with van der Waals surface area (Å²) in [5.41, 5.74) is 2.14. The minimum Gasteiger partial charge on any atom is -0.487 e. The van der Waals surface area contributed by atoms with Crippen molar-refractivity contribution in [2.75, 3.05) is 14.2 Å². The SMILES string of the molecule is CNC1CC(C)(CC(C)(C)OC)Oc2ccc(C)cc21. The van der Waals surface area contributed by atoms with Crippen LogP contribution in [0.15, 0.2) is 18.2 Å². The Balaban J connectivity index is 2.31. The van der Waals surface area contributed by atoms with Crippen molar-refractivity contribution in [1.82, 2.24) is 5.32 Å². The molecular weight excluding hydrogens is 250 g/mol. The fraction of sp³-hybridized carbons (Fsp3) is 0.647. The summed E-state index contributed by atoms with van der Waals surface area (Å²) in [5, 5.41) is 3.43. The van der Waals surface area contributed by atoms with Crippen LogP contribution < -0.4 is 10.1 Å². The Bertz CT molecular complexity index is 484. The highest BCUT2D eigenvalue weighted by atomic mass is 16.5. The van der Waals surface area contributed by atoms with E-state index in [1.165, 1.54) is 11.1 Å². The molecule has 2 atom stereocenters. The highest BCUT2D eigenvalue weighted by molar-refractivity contribution is 5.41. The van der Waals surface area contributed by atoms with Crippen molar-refractivity contribution < 1.29 is 9.47 Å². The third-order valence-corrected chi connectivity index (χ3v) is 4.23. The van der Waals surface area contributed by atoms with E-state index in [9.17, 15) is 0 Å². The van der Waals surface area contributed by atoms with E-state index in [0.29, 0.717) is 6.04 Å². The summed E-state index contributed by atoms with van der Waals surface area (Å²) in [6, 6.07) is 6.75. The maximum absolute atomic E-state index is 6.32. The van der Waals surface area contributed by atoms with Crippen molar-refractivity contribution in [2.45, 2.75) is 57.8 Å². The number of methoxy groups -OCH3 is 1. The van der Waals surface area contributed by atoms with Gasteiger partial charge in [0.25, 0.3) is 0 Å². The molecule has 0 fully saturated rings. The Morgan fingerprint density at radius 3 is 2.75 bits per heavy atom. The lowest BCUT2D eigenvalue weighted by atomic mass is 9.81. The third kappa shape index (κ3) is 3.15. The number of nitrogens with one attached hydrogen (secondary N) is 1. The van der Waals surface area contributed by atoms with Gasteiger partial charge in [0.1, 0.15) is 11.4 Å². The number of hydrogen-bond donors (Lipinski definition) is 1. The molecular formula is C17H27NO2.